The molecule has 3 aromatic heterocycles. The summed E-state index contributed by atoms with van der Waals surface area (Å²) in [4.78, 5) is 19.9. The molecule has 0 aliphatic carbocycles. The molecule has 42 heavy (non-hydrogen) atoms. The molecule has 0 atom stereocenters. The first kappa shape index (κ1) is 18.4. The topological polar surface area (TPSA) is 104 Å². The molecule has 218 valence electrons. The van der Waals surface area contributed by atoms with Crippen molar-refractivity contribution in [1.82, 2.24) is 24.4 Å². The molecule has 1 N–H and O–H groups in total. The van der Waals surface area contributed by atoms with Crippen LogP contribution in [-0.4, -0.2) is 94.2 Å². The highest BCUT2D eigenvalue weighted by Gasteiger charge is 2.31. The molecule has 0 unspecified atom stereocenters. The third-order valence-corrected chi connectivity index (χ3v) is 7.73. The van der Waals surface area contributed by atoms with Crippen molar-refractivity contribution in [3.8, 4) is 17.3 Å². The molecule has 0 saturated carbocycles. The highest BCUT2D eigenvalue weighted by Crippen LogP contribution is 2.39. The van der Waals surface area contributed by atoms with Crippen molar-refractivity contribution in [2.75, 3.05) is 62.5 Å². The lowest BCUT2D eigenvalue weighted by Crippen LogP contribution is -2.57. The molecular weight excluding hydrogens is 562 g/mol. The van der Waals surface area contributed by atoms with Crippen LogP contribution in [0.5, 0.6) is 0 Å². The Bertz CT molecular complexity index is 2110. The van der Waals surface area contributed by atoms with E-state index in [0.717, 1.165) is 20.8 Å². The molecule has 5 heterocycles. The van der Waals surface area contributed by atoms with Gasteiger partial charge < -0.3 is 19.8 Å². The molecule has 0 spiro atoms. The van der Waals surface area contributed by atoms with E-state index in [4.69, 9.17) is 12.3 Å². The van der Waals surface area contributed by atoms with Gasteiger partial charge in [-0.3, -0.25) is 9.69 Å². The number of carbonyl (C=O) groups excluding carboxylic acids is 1. The first-order chi connectivity index (χ1) is 24.1. The van der Waals surface area contributed by atoms with E-state index in [1.807, 2.05) is 6.07 Å². The number of hydrogen-bond donors (Lipinski definition) is 1. The number of anilines is 3. The van der Waals surface area contributed by atoms with Crippen LogP contribution in [0.4, 0.5) is 25.3 Å². The van der Waals surface area contributed by atoms with Crippen LogP contribution in [0.15, 0.2) is 36.5 Å². The molecule has 0 bridgehead atoms. The van der Waals surface area contributed by atoms with Crippen LogP contribution in [0.1, 0.15) is 31.2 Å². The average Bonchev–Trinajstić information content (AvgIpc) is 3.68. The Hall–Kier alpha value is -4.12. The maximum absolute atomic E-state index is 16.4. The van der Waals surface area contributed by atoms with Crippen molar-refractivity contribution in [1.29, 1.82) is 5.26 Å². The van der Waals surface area contributed by atoms with Gasteiger partial charge in [-0.15, -0.1) is 0 Å². The number of hydrogen-bond acceptors (Lipinski definition) is 9. The van der Waals surface area contributed by atoms with Gasteiger partial charge in [0.1, 0.15) is 22.5 Å². The molecule has 2 saturated heterocycles. The van der Waals surface area contributed by atoms with Gasteiger partial charge in [0.2, 0.25) is 5.91 Å². The van der Waals surface area contributed by atoms with Gasteiger partial charge in [0.05, 0.1) is 49.6 Å². The smallest absolute Gasteiger partial charge is 0.236 e. The predicted molar refractivity (Wildman–Crippen MR) is 156 cm³/mol. The number of piperazine rings is 1. The Morgan fingerprint density at radius 3 is 2.62 bits per heavy atom. The number of aliphatic hydroxyl groups is 1. The lowest BCUT2D eigenvalue weighted by atomic mass is 10.1. The zero-order valence-corrected chi connectivity index (χ0v) is 23.1. The number of halogens is 2. The number of aromatic nitrogens is 3. The van der Waals surface area contributed by atoms with Crippen LogP contribution in [0.2, 0.25) is 0 Å². The fourth-order valence-electron chi connectivity index (χ4n) is 4.49. The lowest BCUT2D eigenvalue weighted by Gasteiger charge is -2.39. The maximum atomic E-state index is 16.4. The van der Waals surface area contributed by atoms with Gasteiger partial charge in [-0.05, 0) is 36.7 Å². The van der Waals surface area contributed by atoms with Crippen LogP contribution in [-0.2, 0) is 11.2 Å². The van der Waals surface area contributed by atoms with E-state index < -0.39 is 74.1 Å². The number of aliphatic hydroxyl groups excluding tert-OH is 1. The third-order valence-electron chi connectivity index (χ3n) is 6.70. The maximum Gasteiger partial charge on any atom is 0.236 e. The molecule has 0 radical (unpaired) electrons. The second-order valence-electron chi connectivity index (χ2n) is 9.48. The van der Waals surface area contributed by atoms with Crippen molar-refractivity contribution in [2.45, 2.75) is 19.4 Å². The summed E-state index contributed by atoms with van der Waals surface area (Å²) in [7, 11) is 1.47. The standard InChI is InChI=1S/C29H30F2N8O2S/c1-3-22-28(35(2)29-33-27(25(13-32)42-29)18-4-6-19(30)7-5-18)24-12-23(21(31)16-39(24)34-22)37-10-8-36(9-11-37)17-26(41)38-14-20(40)15-38/h4-7,12,16,20,40H,3,8-11,14-15,17H2,1-2H3/i8D2,9D2,10D2,11D2,12D,16D. The van der Waals surface area contributed by atoms with Gasteiger partial charge >= 0.3 is 0 Å². The van der Waals surface area contributed by atoms with E-state index in [1.54, 1.807) is 6.92 Å². The minimum atomic E-state index is -3.70. The van der Waals surface area contributed by atoms with Crippen molar-refractivity contribution in [3.63, 3.8) is 0 Å². The van der Waals surface area contributed by atoms with Crippen molar-refractivity contribution in [2.24, 2.45) is 0 Å². The molecule has 2 aliphatic rings. The zero-order valence-electron chi connectivity index (χ0n) is 32.3. The van der Waals surface area contributed by atoms with Crippen LogP contribution in [0.3, 0.4) is 0 Å². The van der Waals surface area contributed by atoms with Gasteiger partial charge in [-0.2, -0.15) is 10.4 Å². The molecule has 1 amide bonds. The SMILES string of the molecule is [2H]c1c(N2C([2H])([2H])C([2H])([2H])N(CC(=O)N3CC(O)C3)C([2H])([2H])C2([2H])[2H])c(F)c([2H])n2nc(CC)c(N(C)c3nc(-c4ccc(F)cc4)c(C#N)s3)c12. The van der Waals surface area contributed by atoms with E-state index >= 15 is 4.39 Å². The fourth-order valence-corrected chi connectivity index (χ4v) is 5.35. The number of rotatable bonds is 7. The number of fused-ring (bicyclic) bond motifs is 1. The van der Waals surface area contributed by atoms with Crippen LogP contribution in [0.25, 0.3) is 16.8 Å². The largest absolute Gasteiger partial charge is 0.389 e. The Morgan fingerprint density at radius 2 is 1.98 bits per heavy atom. The summed E-state index contributed by atoms with van der Waals surface area (Å²) in [6, 6.07) is 6.29. The molecule has 2 fully saturated rings. The first-order valence-corrected chi connectivity index (χ1v) is 13.6. The Balaban J connectivity index is 1.53. The number of aryl methyl sites for hydroxylation is 1. The Labute approximate surface area is 259 Å². The van der Waals surface area contributed by atoms with Crippen molar-refractivity contribution >= 4 is 39.3 Å². The average molecular weight is 603 g/mol. The summed E-state index contributed by atoms with van der Waals surface area (Å²) in [5.41, 5.74) is -0.818. The van der Waals surface area contributed by atoms with Gasteiger partial charge in [0, 0.05) is 57.2 Å². The summed E-state index contributed by atoms with van der Waals surface area (Å²) in [5, 5.41) is 23.9. The number of nitriles is 1. The summed E-state index contributed by atoms with van der Waals surface area (Å²) < 4.78 is 119. The van der Waals surface area contributed by atoms with Gasteiger partial charge in [0.15, 0.2) is 10.9 Å². The Morgan fingerprint density at radius 1 is 1.26 bits per heavy atom. The highest BCUT2D eigenvalue weighted by atomic mass is 32.1. The number of thiazole rings is 1. The number of pyridine rings is 1. The molecule has 1 aromatic carbocycles. The summed E-state index contributed by atoms with van der Waals surface area (Å²) in [6.07, 6.45) is -1.81. The van der Waals surface area contributed by atoms with Crippen molar-refractivity contribution < 1.29 is 32.4 Å². The van der Waals surface area contributed by atoms with Gasteiger partial charge in [-0.1, -0.05) is 18.3 Å². The van der Waals surface area contributed by atoms with Crippen LogP contribution >= 0.6 is 11.3 Å². The number of benzene rings is 1. The van der Waals surface area contributed by atoms with Crippen molar-refractivity contribution in [3.05, 3.63) is 58.7 Å². The fraction of sp³-hybridized carbons (Fsp3) is 0.379. The molecule has 2 aliphatic heterocycles. The monoisotopic (exact) mass is 602 g/mol. The molecule has 6 rings (SSSR count). The number of carbonyl (C=O) groups is 1. The lowest BCUT2D eigenvalue weighted by molar-refractivity contribution is -0.142. The van der Waals surface area contributed by atoms with E-state index in [9.17, 15) is 20.9 Å². The predicted octanol–water partition coefficient (Wildman–Crippen LogP) is 3.26. The zero-order chi connectivity index (χ0) is 38.5. The van der Waals surface area contributed by atoms with Gasteiger partial charge in [-0.25, -0.2) is 18.3 Å². The summed E-state index contributed by atoms with van der Waals surface area (Å²) in [5.74, 6) is -3.12. The summed E-state index contributed by atoms with van der Waals surface area (Å²) in [6.45, 7) is -14.3. The minimum Gasteiger partial charge on any atom is -0.389 e. The molecule has 4 aromatic rings. The number of nitrogens with zero attached hydrogens (tertiary/aromatic N) is 8. The second kappa shape index (κ2) is 11.3. The molecule has 10 nitrogen and oxygen atoms in total. The highest BCUT2D eigenvalue weighted by molar-refractivity contribution is 7.16. The van der Waals surface area contributed by atoms with Crippen LogP contribution < -0.4 is 9.80 Å². The van der Waals surface area contributed by atoms with E-state index in [-0.39, 0.29) is 61.9 Å². The van der Waals surface area contributed by atoms with Crippen LogP contribution in [0, 0.1) is 23.0 Å². The Kier molecular flexibility index (Phi) is 4.95. The third kappa shape index (κ3) is 5.17. The quantitative estimate of drug-likeness (QED) is 0.344. The molecular formula is C29H30F2N8O2S. The van der Waals surface area contributed by atoms with E-state index in [2.05, 4.69) is 10.1 Å². The second-order valence-corrected chi connectivity index (χ2v) is 10.5. The summed E-state index contributed by atoms with van der Waals surface area (Å²) >= 11 is 0.911. The van der Waals surface area contributed by atoms with E-state index in [0.29, 0.717) is 5.56 Å². The molecule has 13 heteroatoms. The minimum absolute atomic E-state index is 0.0271. The normalized spacial score (nSPS) is 24.4. The number of likely N-dealkylation sites (tertiary alicyclic amines) is 1. The number of β-amino-alcohol motifs (C(OH)–C–C–N with tert-alkyl or cyclic N) is 1. The number of amides is 1. The van der Waals surface area contributed by atoms with Gasteiger partial charge in [0.25, 0.3) is 0 Å². The first-order valence-electron chi connectivity index (χ1n) is 17.8. The van der Waals surface area contributed by atoms with E-state index in [1.165, 1.54) is 36.2 Å².